The zero-order valence-electron chi connectivity index (χ0n) is 10.2. The highest BCUT2D eigenvalue weighted by Crippen LogP contribution is 2.19. The molecule has 7 heteroatoms. The summed E-state index contributed by atoms with van der Waals surface area (Å²) in [5.41, 5.74) is 1.96. The quantitative estimate of drug-likeness (QED) is 0.753. The summed E-state index contributed by atoms with van der Waals surface area (Å²) in [5, 5.41) is 4.56. The molecule has 0 saturated heterocycles. The van der Waals surface area contributed by atoms with Gasteiger partial charge < -0.3 is 14.1 Å². The average molecular weight is 295 g/mol. The van der Waals surface area contributed by atoms with Crippen molar-refractivity contribution in [1.29, 1.82) is 0 Å². The molecule has 98 valence electrons. The van der Waals surface area contributed by atoms with Crippen molar-refractivity contribution in [3.05, 3.63) is 39.7 Å². The highest BCUT2D eigenvalue weighted by atomic mass is 35.5. The smallest absolute Gasteiger partial charge is 0.223 e. The number of hydrogen-bond acceptors (Lipinski definition) is 4. The fourth-order valence-corrected chi connectivity index (χ4v) is 2.47. The molecule has 0 fully saturated rings. The van der Waals surface area contributed by atoms with E-state index in [-0.39, 0.29) is 0 Å². The van der Waals surface area contributed by atoms with Crippen molar-refractivity contribution < 1.29 is 4.52 Å². The SMILES string of the molecule is Cc1nc(CCn2c(=S)[nH]c3ccc(Cl)cc32)no1. The molecular formula is C12H11ClN4OS. The standard InChI is InChI=1S/C12H11ClN4OS/c1-7-14-11(16-18-7)4-5-17-10-6-8(13)2-3-9(10)15-12(17)19/h2-3,6H,4-5H2,1H3,(H,15,19). The summed E-state index contributed by atoms with van der Waals surface area (Å²) < 4.78 is 7.60. The van der Waals surface area contributed by atoms with Crippen LogP contribution in [0.25, 0.3) is 11.0 Å². The maximum atomic E-state index is 6.02. The minimum absolute atomic E-state index is 0.570. The van der Waals surface area contributed by atoms with Gasteiger partial charge in [-0.15, -0.1) is 0 Å². The van der Waals surface area contributed by atoms with Crippen LogP contribution in [0.3, 0.4) is 0 Å². The molecule has 1 N–H and O–H groups in total. The van der Waals surface area contributed by atoms with Gasteiger partial charge in [-0.2, -0.15) is 4.98 Å². The number of H-pyrrole nitrogens is 1. The molecule has 0 spiro atoms. The molecule has 0 aliphatic heterocycles. The molecule has 3 rings (SSSR count). The number of halogens is 1. The van der Waals surface area contributed by atoms with E-state index in [9.17, 15) is 0 Å². The summed E-state index contributed by atoms with van der Waals surface area (Å²) in [6.45, 7) is 2.45. The van der Waals surface area contributed by atoms with Gasteiger partial charge in [0.25, 0.3) is 0 Å². The highest BCUT2D eigenvalue weighted by molar-refractivity contribution is 7.71. The lowest BCUT2D eigenvalue weighted by molar-refractivity contribution is 0.386. The van der Waals surface area contributed by atoms with Crippen LogP contribution in [0.2, 0.25) is 5.02 Å². The summed E-state index contributed by atoms with van der Waals surface area (Å²) in [5.74, 6) is 1.25. The van der Waals surface area contributed by atoms with Gasteiger partial charge in [0, 0.05) is 24.9 Å². The Morgan fingerprint density at radius 1 is 1.47 bits per heavy atom. The van der Waals surface area contributed by atoms with Gasteiger partial charge in [-0.05, 0) is 30.4 Å². The van der Waals surface area contributed by atoms with Gasteiger partial charge >= 0.3 is 0 Å². The Labute approximate surface area is 119 Å². The van der Waals surface area contributed by atoms with E-state index in [0.717, 1.165) is 11.0 Å². The van der Waals surface area contributed by atoms with Crippen molar-refractivity contribution in [3.63, 3.8) is 0 Å². The molecule has 5 nitrogen and oxygen atoms in total. The summed E-state index contributed by atoms with van der Waals surface area (Å²) in [6.07, 6.45) is 0.658. The fraction of sp³-hybridized carbons (Fsp3) is 0.250. The van der Waals surface area contributed by atoms with Crippen molar-refractivity contribution >= 4 is 34.9 Å². The molecule has 2 aromatic heterocycles. The number of hydrogen-bond donors (Lipinski definition) is 1. The molecule has 0 saturated carbocycles. The summed E-state index contributed by atoms with van der Waals surface area (Å²) >= 11 is 11.3. The van der Waals surface area contributed by atoms with Crippen LogP contribution < -0.4 is 0 Å². The van der Waals surface area contributed by atoms with Crippen LogP contribution in [-0.2, 0) is 13.0 Å². The molecule has 0 atom stereocenters. The Balaban J connectivity index is 1.94. The first kappa shape index (κ1) is 12.4. The first-order chi connectivity index (χ1) is 9.13. The topological polar surface area (TPSA) is 59.6 Å². The molecule has 3 aromatic rings. The van der Waals surface area contributed by atoms with Gasteiger partial charge in [0.1, 0.15) is 0 Å². The predicted molar refractivity (Wildman–Crippen MR) is 74.9 cm³/mol. The van der Waals surface area contributed by atoms with Gasteiger partial charge in [0.05, 0.1) is 11.0 Å². The molecule has 0 bridgehead atoms. The van der Waals surface area contributed by atoms with Gasteiger partial charge in [0.2, 0.25) is 5.89 Å². The van der Waals surface area contributed by atoms with E-state index >= 15 is 0 Å². The maximum absolute atomic E-state index is 6.02. The van der Waals surface area contributed by atoms with Crippen molar-refractivity contribution in [1.82, 2.24) is 19.7 Å². The Hall–Kier alpha value is -1.66. The number of aromatic amines is 1. The highest BCUT2D eigenvalue weighted by Gasteiger charge is 2.07. The van der Waals surface area contributed by atoms with Crippen molar-refractivity contribution in [2.75, 3.05) is 0 Å². The molecule has 0 amide bonds. The monoisotopic (exact) mass is 294 g/mol. The summed E-state index contributed by atoms with van der Waals surface area (Å²) in [4.78, 5) is 7.33. The van der Waals surface area contributed by atoms with Crippen LogP contribution in [0.15, 0.2) is 22.7 Å². The minimum atomic E-state index is 0.570. The number of nitrogens with one attached hydrogen (secondary N) is 1. The number of benzene rings is 1. The van der Waals surface area contributed by atoms with Crippen LogP contribution in [0.1, 0.15) is 11.7 Å². The maximum Gasteiger partial charge on any atom is 0.223 e. The Kier molecular flexibility index (Phi) is 3.12. The van der Waals surface area contributed by atoms with Gasteiger partial charge in [0.15, 0.2) is 10.6 Å². The number of aryl methyl sites for hydroxylation is 3. The lowest BCUT2D eigenvalue weighted by atomic mass is 10.3. The Morgan fingerprint density at radius 3 is 3.05 bits per heavy atom. The van der Waals surface area contributed by atoms with E-state index < -0.39 is 0 Å². The van der Waals surface area contributed by atoms with E-state index in [2.05, 4.69) is 15.1 Å². The van der Waals surface area contributed by atoms with Crippen LogP contribution in [-0.4, -0.2) is 19.7 Å². The predicted octanol–water partition coefficient (Wildman–Crippen LogP) is 3.29. The Bertz CT molecular complexity index is 788. The zero-order chi connectivity index (χ0) is 13.4. The van der Waals surface area contributed by atoms with E-state index in [1.165, 1.54) is 0 Å². The third kappa shape index (κ3) is 2.41. The summed E-state index contributed by atoms with van der Waals surface area (Å²) in [7, 11) is 0. The van der Waals surface area contributed by atoms with Crippen molar-refractivity contribution in [2.45, 2.75) is 19.9 Å². The first-order valence-corrected chi connectivity index (χ1v) is 6.59. The van der Waals surface area contributed by atoms with Crippen molar-refractivity contribution in [2.24, 2.45) is 0 Å². The molecule has 0 aliphatic rings. The molecule has 0 radical (unpaired) electrons. The third-order valence-corrected chi connectivity index (χ3v) is 3.42. The minimum Gasteiger partial charge on any atom is -0.340 e. The lowest BCUT2D eigenvalue weighted by Crippen LogP contribution is -2.02. The number of fused-ring (bicyclic) bond motifs is 1. The molecular weight excluding hydrogens is 284 g/mol. The Morgan fingerprint density at radius 2 is 2.32 bits per heavy atom. The van der Waals surface area contributed by atoms with Crippen LogP contribution >= 0.6 is 23.8 Å². The number of nitrogens with zero attached hydrogens (tertiary/aromatic N) is 3. The summed E-state index contributed by atoms with van der Waals surface area (Å²) in [6, 6.07) is 5.65. The van der Waals surface area contributed by atoms with Gasteiger partial charge in [-0.25, -0.2) is 0 Å². The molecule has 0 aliphatic carbocycles. The van der Waals surface area contributed by atoms with E-state index in [1.807, 2.05) is 22.8 Å². The van der Waals surface area contributed by atoms with E-state index in [4.69, 9.17) is 28.3 Å². The van der Waals surface area contributed by atoms with Gasteiger partial charge in [-0.1, -0.05) is 16.8 Å². The van der Waals surface area contributed by atoms with Crippen molar-refractivity contribution in [3.8, 4) is 0 Å². The van der Waals surface area contributed by atoms with E-state index in [0.29, 0.717) is 34.5 Å². The molecule has 2 heterocycles. The largest absolute Gasteiger partial charge is 0.340 e. The van der Waals surface area contributed by atoms with Gasteiger partial charge in [-0.3, -0.25) is 0 Å². The van der Waals surface area contributed by atoms with Crippen LogP contribution in [0.4, 0.5) is 0 Å². The average Bonchev–Trinajstić information content (AvgIpc) is 2.90. The third-order valence-electron chi connectivity index (χ3n) is 2.87. The normalized spacial score (nSPS) is 11.3. The second kappa shape index (κ2) is 4.79. The zero-order valence-corrected chi connectivity index (χ0v) is 11.8. The lowest BCUT2D eigenvalue weighted by Gasteiger charge is -2.02. The number of imidazole rings is 1. The molecule has 1 aromatic carbocycles. The number of aromatic nitrogens is 4. The molecule has 0 unspecified atom stereocenters. The van der Waals surface area contributed by atoms with E-state index in [1.54, 1.807) is 6.92 Å². The van der Waals surface area contributed by atoms with Crippen LogP contribution in [0, 0.1) is 11.7 Å². The first-order valence-electron chi connectivity index (χ1n) is 5.81. The molecule has 19 heavy (non-hydrogen) atoms. The second-order valence-corrected chi connectivity index (χ2v) is 5.05. The second-order valence-electron chi connectivity index (χ2n) is 4.22. The van der Waals surface area contributed by atoms with Crippen LogP contribution in [0.5, 0.6) is 0 Å². The fourth-order valence-electron chi connectivity index (χ4n) is 2.00. The number of rotatable bonds is 3.